The van der Waals surface area contributed by atoms with E-state index >= 15 is 0 Å². The molecule has 7 nitrogen and oxygen atoms in total. The van der Waals surface area contributed by atoms with E-state index in [4.69, 9.17) is 10.2 Å². The van der Waals surface area contributed by atoms with Crippen molar-refractivity contribution in [3.63, 3.8) is 0 Å². The van der Waals surface area contributed by atoms with Crippen molar-refractivity contribution < 1.29 is 19.8 Å². The van der Waals surface area contributed by atoms with Crippen LogP contribution in [0.25, 0.3) is 0 Å². The van der Waals surface area contributed by atoms with Gasteiger partial charge < -0.3 is 20.8 Å². The Labute approximate surface area is 110 Å². The topological polar surface area (TPSA) is 112 Å². The van der Waals surface area contributed by atoms with Crippen molar-refractivity contribution in [1.82, 2.24) is 15.6 Å². The van der Waals surface area contributed by atoms with E-state index in [2.05, 4.69) is 15.6 Å². The molecule has 2 amide bonds. The van der Waals surface area contributed by atoms with Gasteiger partial charge >= 0.3 is 12.0 Å². The quantitative estimate of drug-likeness (QED) is 0.581. The molecule has 0 unspecified atom stereocenters. The lowest BCUT2D eigenvalue weighted by Crippen LogP contribution is -2.37. The predicted octanol–water partition coefficient (Wildman–Crippen LogP) is 0.0248. The number of nitrogens with zero attached hydrogens (tertiary/aromatic N) is 1. The molecule has 1 rings (SSSR count). The summed E-state index contributed by atoms with van der Waals surface area (Å²) in [5.74, 6) is -1.30. The molecule has 19 heavy (non-hydrogen) atoms. The molecule has 1 heterocycles. The second-order valence-electron chi connectivity index (χ2n) is 4.05. The number of urea groups is 1. The monoisotopic (exact) mass is 267 g/mol. The number of pyridine rings is 1. The van der Waals surface area contributed by atoms with Gasteiger partial charge in [0.25, 0.3) is 0 Å². The Morgan fingerprint density at radius 2 is 2.16 bits per heavy atom. The Hall–Kier alpha value is -2.15. The first kappa shape index (κ1) is 14.9. The highest BCUT2D eigenvalue weighted by atomic mass is 16.4. The highest BCUT2D eigenvalue weighted by molar-refractivity contribution is 5.74. The third-order valence-electron chi connectivity index (χ3n) is 2.58. The third-order valence-corrected chi connectivity index (χ3v) is 2.58. The van der Waals surface area contributed by atoms with E-state index < -0.39 is 18.1 Å². The van der Waals surface area contributed by atoms with Gasteiger partial charge in [-0.2, -0.15) is 0 Å². The Bertz CT molecular complexity index is 450. The SMILES string of the molecule is Cc1ccncc1CNC(=O)NCC[C@H](O)C(=O)O. The van der Waals surface area contributed by atoms with Gasteiger partial charge in [0.2, 0.25) is 0 Å². The Morgan fingerprint density at radius 3 is 2.79 bits per heavy atom. The number of nitrogens with one attached hydrogen (secondary N) is 2. The van der Waals surface area contributed by atoms with Crippen LogP contribution in [-0.2, 0) is 11.3 Å². The number of amides is 2. The van der Waals surface area contributed by atoms with Crippen molar-refractivity contribution in [2.45, 2.75) is 26.0 Å². The van der Waals surface area contributed by atoms with Gasteiger partial charge in [-0.05, 0) is 24.1 Å². The van der Waals surface area contributed by atoms with E-state index in [9.17, 15) is 9.59 Å². The smallest absolute Gasteiger partial charge is 0.332 e. The normalized spacial score (nSPS) is 11.7. The van der Waals surface area contributed by atoms with Gasteiger partial charge in [0, 0.05) is 31.9 Å². The second-order valence-corrected chi connectivity index (χ2v) is 4.05. The summed E-state index contributed by atoms with van der Waals surface area (Å²) in [7, 11) is 0. The highest BCUT2D eigenvalue weighted by Crippen LogP contribution is 2.03. The first-order valence-electron chi connectivity index (χ1n) is 5.82. The molecule has 0 bridgehead atoms. The number of carboxylic acid groups (broad SMARTS) is 1. The number of hydrogen-bond donors (Lipinski definition) is 4. The number of aliphatic hydroxyl groups is 1. The zero-order valence-corrected chi connectivity index (χ0v) is 10.6. The van der Waals surface area contributed by atoms with Crippen LogP contribution in [0.5, 0.6) is 0 Å². The maximum Gasteiger partial charge on any atom is 0.332 e. The fourth-order valence-corrected chi connectivity index (χ4v) is 1.37. The molecule has 0 radical (unpaired) electrons. The van der Waals surface area contributed by atoms with Crippen molar-refractivity contribution in [1.29, 1.82) is 0 Å². The number of carbonyl (C=O) groups is 2. The molecular formula is C12H17N3O4. The Balaban J connectivity index is 2.25. The minimum Gasteiger partial charge on any atom is -0.479 e. The van der Waals surface area contributed by atoms with Crippen LogP contribution in [0.4, 0.5) is 4.79 Å². The second kappa shape index (κ2) is 7.32. The molecule has 1 aromatic heterocycles. The summed E-state index contributed by atoms with van der Waals surface area (Å²) in [5.41, 5.74) is 1.93. The van der Waals surface area contributed by atoms with Crippen molar-refractivity contribution in [2.75, 3.05) is 6.54 Å². The molecule has 0 saturated heterocycles. The lowest BCUT2D eigenvalue weighted by molar-refractivity contribution is -0.146. The highest BCUT2D eigenvalue weighted by Gasteiger charge is 2.12. The molecule has 0 saturated carbocycles. The Morgan fingerprint density at radius 1 is 1.42 bits per heavy atom. The average Bonchev–Trinajstić information content (AvgIpc) is 2.37. The first-order valence-corrected chi connectivity index (χ1v) is 5.82. The minimum absolute atomic E-state index is 0.0331. The lowest BCUT2D eigenvalue weighted by atomic mass is 10.2. The van der Waals surface area contributed by atoms with Crippen molar-refractivity contribution >= 4 is 12.0 Å². The van der Waals surface area contributed by atoms with Gasteiger partial charge in [-0.15, -0.1) is 0 Å². The molecule has 0 spiro atoms. The van der Waals surface area contributed by atoms with Crippen LogP contribution in [-0.4, -0.2) is 39.8 Å². The molecule has 1 aromatic rings. The van der Waals surface area contributed by atoms with E-state index in [0.717, 1.165) is 11.1 Å². The number of carbonyl (C=O) groups excluding carboxylic acids is 1. The number of aromatic nitrogens is 1. The molecule has 0 aliphatic carbocycles. The molecule has 104 valence electrons. The molecule has 1 atom stereocenters. The van der Waals surface area contributed by atoms with E-state index in [1.807, 2.05) is 13.0 Å². The molecule has 4 N–H and O–H groups in total. The fourth-order valence-electron chi connectivity index (χ4n) is 1.37. The third kappa shape index (κ3) is 5.35. The Kier molecular flexibility index (Phi) is 5.74. The zero-order valence-electron chi connectivity index (χ0n) is 10.6. The summed E-state index contributed by atoms with van der Waals surface area (Å²) in [5, 5.41) is 22.5. The van der Waals surface area contributed by atoms with Gasteiger partial charge in [-0.3, -0.25) is 4.98 Å². The number of carboxylic acids is 1. The van der Waals surface area contributed by atoms with Gasteiger partial charge in [-0.1, -0.05) is 0 Å². The minimum atomic E-state index is -1.46. The van der Waals surface area contributed by atoms with Crippen molar-refractivity contribution in [3.8, 4) is 0 Å². The van der Waals surface area contributed by atoms with Crippen LogP contribution in [0, 0.1) is 6.92 Å². The number of aliphatic hydroxyl groups excluding tert-OH is 1. The maximum atomic E-state index is 11.4. The standard InChI is InChI=1S/C12H17N3O4/c1-8-2-4-13-6-9(8)7-15-12(19)14-5-3-10(16)11(17)18/h2,4,6,10,16H,3,5,7H2,1H3,(H,17,18)(H2,14,15,19)/t10-/m0/s1. The van der Waals surface area contributed by atoms with Crippen LogP contribution in [0.1, 0.15) is 17.5 Å². The van der Waals surface area contributed by atoms with E-state index in [-0.39, 0.29) is 13.0 Å². The van der Waals surface area contributed by atoms with Gasteiger partial charge in [0.1, 0.15) is 0 Å². The summed E-state index contributed by atoms with van der Waals surface area (Å²) >= 11 is 0. The van der Waals surface area contributed by atoms with Gasteiger partial charge in [0.15, 0.2) is 6.10 Å². The first-order chi connectivity index (χ1) is 9.00. The molecular weight excluding hydrogens is 250 g/mol. The summed E-state index contributed by atoms with van der Waals surface area (Å²) in [6.45, 7) is 2.35. The van der Waals surface area contributed by atoms with Crippen molar-refractivity contribution in [2.24, 2.45) is 0 Å². The van der Waals surface area contributed by atoms with Crippen molar-refractivity contribution in [3.05, 3.63) is 29.6 Å². The zero-order chi connectivity index (χ0) is 14.3. The molecule has 7 heteroatoms. The predicted molar refractivity (Wildman–Crippen MR) is 67.5 cm³/mol. The summed E-state index contributed by atoms with van der Waals surface area (Å²) in [6, 6.07) is 1.43. The lowest BCUT2D eigenvalue weighted by Gasteiger charge is -2.10. The van der Waals surface area contributed by atoms with E-state index in [1.54, 1.807) is 12.4 Å². The molecule has 0 fully saturated rings. The van der Waals surface area contributed by atoms with E-state index in [0.29, 0.717) is 6.54 Å². The molecule has 0 aliphatic rings. The maximum absolute atomic E-state index is 11.4. The summed E-state index contributed by atoms with van der Waals surface area (Å²) in [4.78, 5) is 25.7. The number of aryl methyl sites for hydroxylation is 1. The molecule has 0 aliphatic heterocycles. The van der Waals surface area contributed by atoms with Crippen LogP contribution in [0.3, 0.4) is 0 Å². The van der Waals surface area contributed by atoms with E-state index in [1.165, 1.54) is 0 Å². The number of rotatable bonds is 6. The van der Waals surface area contributed by atoms with Crippen LogP contribution < -0.4 is 10.6 Å². The van der Waals surface area contributed by atoms with Crippen LogP contribution >= 0.6 is 0 Å². The number of aliphatic carboxylic acids is 1. The summed E-state index contributed by atoms with van der Waals surface area (Å²) in [6.07, 6.45) is 1.85. The average molecular weight is 267 g/mol. The van der Waals surface area contributed by atoms with Crippen LogP contribution in [0.2, 0.25) is 0 Å². The fraction of sp³-hybridized carbons (Fsp3) is 0.417. The van der Waals surface area contributed by atoms with Gasteiger partial charge in [0.05, 0.1) is 0 Å². The molecule has 0 aromatic carbocycles. The summed E-state index contributed by atoms with van der Waals surface area (Å²) < 4.78 is 0. The van der Waals surface area contributed by atoms with Crippen LogP contribution in [0.15, 0.2) is 18.5 Å². The largest absolute Gasteiger partial charge is 0.479 e. The van der Waals surface area contributed by atoms with Gasteiger partial charge in [-0.25, -0.2) is 9.59 Å². The number of hydrogen-bond acceptors (Lipinski definition) is 4.